The molecule has 0 saturated carbocycles. The van der Waals surface area contributed by atoms with Gasteiger partial charge in [0, 0.05) is 11.1 Å². The van der Waals surface area contributed by atoms with Crippen molar-refractivity contribution >= 4 is 23.1 Å². The van der Waals surface area contributed by atoms with Gasteiger partial charge in [0.1, 0.15) is 4.88 Å². The van der Waals surface area contributed by atoms with Gasteiger partial charge >= 0.3 is 5.97 Å². The zero-order valence-electron chi connectivity index (χ0n) is 10.2. The van der Waals surface area contributed by atoms with Crippen molar-refractivity contribution in [3.63, 3.8) is 0 Å². The number of aromatic carboxylic acids is 1. The van der Waals surface area contributed by atoms with Gasteiger partial charge in [-0.2, -0.15) is 0 Å². The molecule has 0 aliphatic carbocycles. The molecule has 0 bridgehead atoms. The Morgan fingerprint density at radius 1 is 1.21 bits per heavy atom. The number of aliphatic hydroxyl groups is 1. The van der Waals surface area contributed by atoms with E-state index < -0.39 is 5.97 Å². The number of carboxylic acid groups (broad SMARTS) is 1. The largest absolute Gasteiger partial charge is 0.477 e. The number of hydrogen-bond donors (Lipinski definition) is 2. The van der Waals surface area contributed by atoms with E-state index in [-0.39, 0.29) is 17.3 Å². The van der Waals surface area contributed by atoms with Gasteiger partial charge in [-0.15, -0.1) is 11.3 Å². The second kappa shape index (κ2) is 5.34. The molecule has 0 aliphatic heterocycles. The molecule has 2 rings (SSSR count). The van der Waals surface area contributed by atoms with Crippen LogP contribution in [0.5, 0.6) is 0 Å². The fraction of sp³-hybridized carbons (Fsp3) is 0.143. The summed E-state index contributed by atoms with van der Waals surface area (Å²) in [5.41, 5.74) is 2.16. The van der Waals surface area contributed by atoms with Gasteiger partial charge in [-0.25, -0.2) is 4.79 Å². The molecular formula is C14H12O4S. The summed E-state index contributed by atoms with van der Waals surface area (Å²) in [7, 11) is 0. The van der Waals surface area contributed by atoms with Gasteiger partial charge < -0.3 is 10.2 Å². The molecule has 2 N–H and O–H groups in total. The Bertz CT molecular complexity index is 643. The summed E-state index contributed by atoms with van der Waals surface area (Å²) < 4.78 is 0. The fourth-order valence-electron chi connectivity index (χ4n) is 1.91. The lowest BCUT2D eigenvalue weighted by Gasteiger charge is -2.09. The van der Waals surface area contributed by atoms with Crippen molar-refractivity contribution in [1.29, 1.82) is 0 Å². The van der Waals surface area contributed by atoms with Crippen LogP contribution in [0.3, 0.4) is 0 Å². The number of carbonyl (C=O) groups excluding carboxylic acids is 1. The average molecular weight is 276 g/mol. The number of thiophene rings is 1. The van der Waals surface area contributed by atoms with E-state index in [9.17, 15) is 9.59 Å². The molecule has 0 radical (unpaired) electrons. The van der Waals surface area contributed by atoms with Gasteiger partial charge in [0.05, 0.1) is 6.61 Å². The Balaban J connectivity index is 2.68. The van der Waals surface area contributed by atoms with Crippen LogP contribution in [0.4, 0.5) is 0 Å². The SMILES string of the molecule is CC(=O)c1ccc(CO)cc1-c1ccsc1C(=O)O. The third-order valence-electron chi connectivity index (χ3n) is 2.80. The van der Waals surface area contributed by atoms with E-state index in [2.05, 4.69) is 0 Å². The van der Waals surface area contributed by atoms with E-state index >= 15 is 0 Å². The Labute approximate surface area is 114 Å². The van der Waals surface area contributed by atoms with Gasteiger partial charge in [0.15, 0.2) is 5.78 Å². The summed E-state index contributed by atoms with van der Waals surface area (Å²) >= 11 is 1.11. The van der Waals surface area contributed by atoms with E-state index in [1.54, 1.807) is 29.6 Å². The van der Waals surface area contributed by atoms with Crippen LogP contribution in [0.2, 0.25) is 0 Å². The second-order valence-corrected chi connectivity index (χ2v) is 4.98. The Hall–Kier alpha value is -1.98. The van der Waals surface area contributed by atoms with Crippen molar-refractivity contribution in [2.24, 2.45) is 0 Å². The minimum Gasteiger partial charge on any atom is -0.477 e. The normalized spacial score (nSPS) is 10.4. The molecule has 98 valence electrons. The van der Waals surface area contributed by atoms with Crippen LogP contribution in [0.15, 0.2) is 29.6 Å². The van der Waals surface area contributed by atoms with Crippen LogP contribution in [-0.4, -0.2) is 22.0 Å². The predicted octanol–water partition coefficient (Wildman–Crippen LogP) is 2.81. The maximum Gasteiger partial charge on any atom is 0.346 e. The summed E-state index contributed by atoms with van der Waals surface area (Å²) in [4.78, 5) is 23.0. The third-order valence-corrected chi connectivity index (χ3v) is 3.70. The highest BCUT2D eigenvalue weighted by Gasteiger charge is 2.18. The van der Waals surface area contributed by atoms with E-state index in [0.717, 1.165) is 11.3 Å². The summed E-state index contributed by atoms with van der Waals surface area (Å²) in [6.07, 6.45) is 0. The standard InChI is InChI=1S/C14H12O4S/c1-8(16)10-3-2-9(7-15)6-12(10)11-4-5-19-13(11)14(17)18/h2-6,15H,7H2,1H3,(H,17,18). The summed E-state index contributed by atoms with van der Waals surface area (Å²) in [5.74, 6) is -1.16. The van der Waals surface area contributed by atoms with Crippen molar-refractivity contribution < 1.29 is 19.8 Å². The Morgan fingerprint density at radius 3 is 2.53 bits per heavy atom. The zero-order valence-corrected chi connectivity index (χ0v) is 11.0. The first-order valence-corrected chi connectivity index (χ1v) is 6.48. The zero-order chi connectivity index (χ0) is 14.0. The molecular weight excluding hydrogens is 264 g/mol. The van der Waals surface area contributed by atoms with Crippen molar-refractivity contribution in [2.45, 2.75) is 13.5 Å². The van der Waals surface area contributed by atoms with Crippen LogP contribution in [0.1, 0.15) is 32.5 Å². The van der Waals surface area contributed by atoms with Crippen LogP contribution < -0.4 is 0 Å². The number of carboxylic acids is 1. The van der Waals surface area contributed by atoms with E-state index in [4.69, 9.17) is 10.2 Å². The molecule has 19 heavy (non-hydrogen) atoms. The molecule has 0 fully saturated rings. The number of ketones is 1. The Morgan fingerprint density at radius 2 is 1.95 bits per heavy atom. The predicted molar refractivity (Wildman–Crippen MR) is 72.6 cm³/mol. The molecule has 0 aliphatic rings. The lowest BCUT2D eigenvalue weighted by atomic mass is 9.95. The summed E-state index contributed by atoms with van der Waals surface area (Å²) in [5, 5.41) is 20.0. The maximum absolute atomic E-state index is 11.6. The molecule has 0 amide bonds. The Kier molecular flexibility index (Phi) is 3.78. The number of hydrogen-bond acceptors (Lipinski definition) is 4. The highest BCUT2D eigenvalue weighted by Crippen LogP contribution is 2.32. The fourth-order valence-corrected chi connectivity index (χ4v) is 2.65. The van der Waals surface area contributed by atoms with Crippen LogP contribution in [0.25, 0.3) is 11.1 Å². The van der Waals surface area contributed by atoms with Gasteiger partial charge in [-0.3, -0.25) is 4.79 Å². The highest BCUT2D eigenvalue weighted by atomic mass is 32.1. The number of benzene rings is 1. The lowest BCUT2D eigenvalue weighted by molar-refractivity contribution is 0.0702. The summed E-state index contributed by atoms with van der Waals surface area (Å²) in [6, 6.07) is 6.61. The second-order valence-electron chi connectivity index (χ2n) is 4.06. The van der Waals surface area contributed by atoms with E-state index in [1.165, 1.54) is 6.92 Å². The molecule has 0 spiro atoms. The first kappa shape index (κ1) is 13.5. The first-order valence-electron chi connectivity index (χ1n) is 5.60. The van der Waals surface area contributed by atoms with Crippen LogP contribution in [0, 0.1) is 0 Å². The lowest BCUT2D eigenvalue weighted by Crippen LogP contribution is -2.01. The topological polar surface area (TPSA) is 74.6 Å². The molecule has 1 aromatic heterocycles. The van der Waals surface area contributed by atoms with Gasteiger partial charge in [-0.1, -0.05) is 12.1 Å². The quantitative estimate of drug-likeness (QED) is 0.842. The monoisotopic (exact) mass is 276 g/mol. The van der Waals surface area contributed by atoms with Crippen LogP contribution in [-0.2, 0) is 6.61 Å². The van der Waals surface area contributed by atoms with Crippen molar-refractivity contribution in [2.75, 3.05) is 0 Å². The molecule has 0 atom stereocenters. The van der Waals surface area contributed by atoms with E-state index in [1.807, 2.05) is 0 Å². The van der Waals surface area contributed by atoms with Gasteiger partial charge in [0.25, 0.3) is 0 Å². The molecule has 0 unspecified atom stereocenters. The molecule has 1 heterocycles. The number of rotatable bonds is 4. The average Bonchev–Trinajstić information content (AvgIpc) is 2.87. The smallest absolute Gasteiger partial charge is 0.346 e. The first-order chi connectivity index (χ1) is 9.04. The number of carbonyl (C=O) groups is 2. The number of aliphatic hydroxyl groups excluding tert-OH is 1. The van der Waals surface area contributed by atoms with E-state index in [0.29, 0.717) is 22.3 Å². The van der Waals surface area contributed by atoms with Gasteiger partial charge in [0.2, 0.25) is 0 Å². The van der Waals surface area contributed by atoms with Crippen molar-refractivity contribution in [3.05, 3.63) is 45.6 Å². The van der Waals surface area contributed by atoms with Crippen LogP contribution >= 0.6 is 11.3 Å². The minimum absolute atomic E-state index is 0.137. The highest BCUT2D eigenvalue weighted by molar-refractivity contribution is 7.12. The maximum atomic E-state index is 11.6. The summed E-state index contributed by atoms with van der Waals surface area (Å²) in [6.45, 7) is 1.28. The van der Waals surface area contributed by atoms with Crippen molar-refractivity contribution in [3.8, 4) is 11.1 Å². The number of Topliss-reactive ketones (excluding diaryl/α,β-unsaturated/α-hetero) is 1. The minimum atomic E-state index is -1.02. The van der Waals surface area contributed by atoms with Crippen molar-refractivity contribution in [1.82, 2.24) is 0 Å². The molecule has 4 nitrogen and oxygen atoms in total. The molecule has 1 aromatic carbocycles. The van der Waals surface area contributed by atoms with Gasteiger partial charge in [-0.05, 0) is 35.6 Å². The molecule has 2 aromatic rings. The third kappa shape index (κ3) is 2.57. The molecule has 5 heteroatoms. The molecule has 0 saturated heterocycles.